The Labute approximate surface area is 142 Å². The highest BCUT2D eigenvalue weighted by Gasteiger charge is 2.18. The van der Waals surface area contributed by atoms with Gasteiger partial charge in [-0.05, 0) is 55.5 Å². The van der Waals surface area contributed by atoms with E-state index in [1.165, 1.54) is 12.8 Å². The second-order valence-electron chi connectivity index (χ2n) is 5.85. The number of rotatable bonds is 5. The highest BCUT2D eigenvalue weighted by molar-refractivity contribution is 5.89. The first-order chi connectivity index (χ1) is 11.8. The van der Waals surface area contributed by atoms with Gasteiger partial charge in [-0.2, -0.15) is 5.26 Å². The summed E-state index contributed by atoms with van der Waals surface area (Å²) in [6, 6.07) is 11.7. The van der Waals surface area contributed by atoms with Crippen LogP contribution in [0.5, 0.6) is 11.5 Å². The maximum atomic E-state index is 9.44. The fraction of sp³-hybridized carbons (Fsp3) is 0.300. The summed E-state index contributed by atoms with van der Waals surface area (Å²) in [5.41, 5.74) is 2.28. The third-order valence-electron chi connectivity index (χ3n) is 4.19. The van der Waals surface area contributed by atoms with Gasteiger partial charge in [0.1, 0.15) is 0 Å². The molecule has 4 heteroatoms. The van der Waals surface area contributed by atoms with E-state index in [1.807, 2.05) is 36.4 Å². The van der Waals surface area contributed by atoms with Crippen molar-refractivity contribution in [1.29, 1.82) is 5.26 Å². The van der Waals surface area contributed by atoms with E-state index in [-0.39, 0.29) is 6.10 Å². The molecule has 2 aromatic rings. The van der Waals surface area contributed by atoms with Gasteiger partial charge in [-0.3, -0.25) is 4.98 Å². The molecule has 24 heavy (non-hydrogen) atoms. The Bertz CT molecular complexity index is 757. The van der Waals surface area contributed by atoms with Crippen molar-refractivity contribution in [3.05, 3.63) is 53.9 Å². The highest BCUT2D eigenvalue weighted by atomic mass is 16.5. The number of nitriles is 1. The third kappa shape index (κ3) is 3.75. The summed E-state index contributed by atoms with van der Waals surface area (Å²) in [6.07, 6.45) is 10.1. The van der Waals surface area contributed by atoms with Crippen LogP contribution in [0.3, 0.4) is 0 Å². The van der Waals surface area contributed by atoms with Gasteiger partial charge in [0.05, 0.1) is 24.9 Å². The summed E-state index contributed by atoms with van der Waals surface area (Å²) in [4.78, 5) is 4.07. The molecule has 1 heterocycles. The van der Waals surface area contributed by atoms with Gasteiger partial charge >= 0.3 is 0 Å². The van der Waals surface area contributed by atoms with Gasteiger partial charge in [0.25, 0.3) is 0 Å². The standard InChI is InChI=1S/C20H20N2O2/c1-23-19-9-8-15(12-20(19)24-18-6-2-3-7-18)11-17(13-21)16-5-4-10-22-14-16/h4-5,8-12,14,18H,2-3,6-7H2,1H3. The monoisotopic (exact) mass is 320 g/mol. The smallest absolute Gasteiger partial charge is 0.162 e. The predicted molar refractivity (Wildman–Crippen MR) is 93.6 cm³/mol. The van der Waals surface area contributed by atoms with Crippen LogP contribution in [0.2, 0.25) is 0 Å². The molecule has 0 unspecified atom stereocenters. The molecule has 0 saturated heterocycles. The third-order valence-corrected chi connectivity index (χ3v) is 4.19. The second-order valence-corrected chi connectivity index (χ2v) is 5.85. The summed E-state index contributed by atoms with van der Waals surface area (Å²) in [6.45, 7) is 0. The average Bonchev–Trinajstić information content (AvgIpc) is 3.14. The number of hydrogen-bond acceptors (Lipinski definition) is 4. The minimum absolute atomic E-state index is 0.256. The molecule has 0 spiro atoms. The highest BCUT2D eigenvalue weighted by Crippen LogP contribution is 2.33. The second kappa shape index (κ2) is 7.65. The topological polar surface area (TPSA) is 55.1 Å². The first-order valence-electron chi connectivity index (χ1n) is 8.17. The lowest BCUT2D eigenvalue weighted by molar-refractivity contribution is 0.201. The van der Waals surface area contributed by atoms with E-state index >= 15 is 0 Å². The molecule has 1 saturated carbocycles. The summed E-state index contributed by atoms with van der Waals surface area (Å²) in [5.74, 6) is 1.46. The Morgan fingerprint density at radius 2 is 2.08 bits per heavy atom. The van der Waals surface area contributed by atoms with E-state index in [9.17, 15) is 5.26 Å². The van der Waals surface area contributed by atoms with E-state index < -0.39 is 0 Å². The largest absolute Gasteiger partial charge is 0.493 e. The normalized spacial score (nSPS) is 15.1. The number of allylic oxidation sites excluding steroid dienone is 1. The number of ether oxygens (including phenoxy) is 2. The number of nitrogens with zero attached hydrogens (tertiary/aromatic N) is 2. The van der Waals surface area contributed by atoms with Gasteiger partial charge < -0.3 is 9.47 Å². The molecular formula is C20H20N2O2. The van der Waals surface area contributed by atoms with E-state index in [1.54, 1.807) is 19.5 Å². The van der Waals surface area contributed by atoms with Crippen LogP contribution in [0, 0.1) is 11.3 Å². The molecular weight excluding hydrogens is 300 g/mol. The van der Waals surface area contributed by atoms with Crippen LogP contribution in [-0.2, 0) is 0 Å². The number of benzene rings is 1. The number of aromatic nitrogens is 1. The predicted octanol–water partition coefficient (Wildman–Crippen LogP) is 4.48. The molecule has 0 radical (unpaired) electrons. The molecule has 0 atom stereocenters. The Hall–Kier alpha value is -2.80. The van der Waals surface area contributed by atoms with Crippen LogP contribution in [0.4, 0.5) is 0 Å². The Balaban J connectivity index is 1.90. The lowest BCUT2D eigenvalue weighted by atomic mass is 10.1. The minimum atomic E-state index is 0.256. The van der Waals surface area contributed by atoms with Crippen LogP contribution in [0.15, 0.2) is 42.7 Å². The van der Waals surface area contributed by atoms with E-state index in [2.05, 4.69) is 11.1 Å². The van der Waals surface area contributed by atoms with Crippen molar-refractivity contribution in [3.63, 3.8) is 0 Å². The van der Waals surface area contributed by atoms with E-state index in [0.29, 0.717) is 5.57 Å². The van der Waals surface area contributed by atoms with Crippen LogP contribution in [0.1, 0.15) is 36.8 Å². The van der Waals surface area contributed by atoms with Crippen molar-refractivity contribution in [2.45, 2.75) is 31.8 Å². The molecule has 1 aromatic heterocycles. The average molecular weight is 320 g/mol. The molecule has 1 aliphatic rings. The number of hydrogen-bond donors (Lipinski definition) is 0. The maximum Gasteiger partial charge on any atom is 0.162 e. The first-order valence-corrected chi connectivity index (χ1v) is 8.17. The number of methoxy groups -OCH3 is 1. The zero-order valence-corrected chi connectivity index (χ0v) is 13.7. The summed E-state index contributed by atoms with van der Waals surface area (Å²) < 4.78 is 11.5. The molecule has 0 N–H and O–H groups in total. The molecule has 122 valence electrons. The van der Waals surface area contributed by atoms with Gasteiger partial charge in [-0.15, -0.1) is 0 Å². The summed E-state index contributed by atoms with van der Waals surface area (Å²) >= 11 is 0. The quantitative estimate of drug-likeness (QED) is 0.762. The Kier molecular flexibility index (Phi) is 5.12. The molecule has 4 nitrogen and oxygen atoms in total. The molecule has 3 rings (SSSR count). The van der Waals surface area contributed by atoms with Gasteiger partial charge in [0.15, 0.2) is 11.5 Å². The van der Waals surface area contributed by atoms with Crippen molar-refractivity contribution < 1.29 is 9.47 Å². The zero-order chi connectivity index (χ0) is 16.8. The first kappa shape index (κ1) is 16.1. The summed E-state index contributed by atoms with van der Waals surface area (Å²) in [7, 11) is 1.64. The van der Waals surface area contributed by atoms with Crippen LogP contribution >= 0.6 is 0 Å². The number of pyridine rings is 1. The Morgan fingerprint density at radius 1 is 1.25 bits per heavy atom. The zero-order valence-electron chi connectivity index (χ0n) is 13.7. The van der Waals surface area contributed by atoms with Crippen molar-refractivity contribution in [2.75, 3.05) is 7.11 Å². The lowest BCUT2D eigenvalue weighted by Gasteiger charge is -2.16. The molecule has 0 amide bonds. The van der Waals surface area contributed by atoms with Gasteiger partial charge in [0.2, 0.25) is 0 Å². The van der Waals surface area contributed by atoms with Crippen LogP contribution in [-0.4, -0.2) is 18.2 Å². The molecule has 0 bridgehead atoms. The van der Waals surface area contributed by atoms with Crippen molar-refractivity contribution >= 4 is 11.6 Å². The van der Waals surface area contributed by atoms with Gasteiger partial charge in [-0.1, -0.05) is 12.1 Å². The van der Waals surface area contributed by atoms with E-state index in [4.69, 9.17) is 9.47 Å². The van der Waals surface area contributed by atoms with Crippen LogP contribution < -0.4 is 9.47 Å². The van der Waals surface area contributed by atoms with E-state index in [0.717, 1.165) is 35.5 Å². The SMILES string of the molecule is COc1ccc(C=C(C#N)c2cccnc2)cc1OC1CCCC1. The Morgan fingerprint density at radius 3 is 2.75 bits per heavy atom. The maximum absolute atomic E-state index is 9.44. The fourth-order valence-electron chi connectivity index (χ4n) is 2.93. The lowest BCUT2D eigenvalue weighted by Crippen LogP contribution is -2.11. The van der Waals surface area contributed by atoms with Crippen molar-refractivity contribution in [2.24, 2.45) is 0 Å². The minimum Gasteiger partial charge on any atom is -0.493 e. The van der Waals surface area contributed by atoms with Gasteiger partial charge in [0, 0.05) is 18.0 Å². The summed E-state index contributed by atoms with van der Waals surface area (Å²) in [5, 5.41) is 9.44. The van der Waals surface area contributed by atoms with Crippen molar-refractivity contribution in [3.8, 4) is 17.6 Å². The molecule has 1 aliphatic carbocycles. The molecule has 1 fully saturated rings. The molecule has 0 aliphatic heterocycles. The molecule has 1 aromatic carbocycles. The van der Waals surface area contributed by atoms with Crippen molar-refractivity contribution in [1.82, 2.24) is 4.98 Å². The fourth-order valence-corrected chi connectivity index (χ4v) is 2.93. The van der Waals surface area contributed by atoms with Crippen LogP contribution in [0.25, 0.3) is 11.6 Å². The van der Waals surface area contributed by atoms with Gasteiger partial charge in [-0.25, -0.2) is 0 Å².